The van der Waals surface area contributed by atoms with Gasteiger partial charge >= 0.3 is 5.97 Å². The SMILES string of the molecule is CC1(C)C[C@H]2[C@H](O)[C@H]3COC(=O)[C@]34C[C@]4(C)[C@H]2C1. The molecule has 0 unspecified atom stereocenters. The molecular formula is C15H22O3. The third-order valence-corrected chi connectivity index (χ3v) is 6.68. The van der Waals surface area contributed by atoms with Gasteiger partial charge in [0.1, 0.15) is 0 Å². The minimum Gasteiger partial charge on any atom is -0.465 e. The number of carbonyl (C=O) groups is 1. The fourth-order valence-corrected chi connectivity index (χ4v) is 5.80. The number of hydrogen-bond acceptors (Lipinski definition) is 3. The second-order valence-electron chi connectivity index (χ2n) is 8.10. The van der Waals surface area contributed by atoms with Crippen LogP contribution >= 0.6 is 0 Å². The molecule has 1 saturated heterocycles. The fraction of sp³-hybridized carbons (Fsp3) is 0.933. The van der Waals surface area contributed by atoms with Crippen molar-refractivity contribution in [2.45, 2.75) is 46.1 Å². The number of carbonyl (C=O) groups excluding carboxylic acids is 1. The maximum Gasteiger partial charge on any atom is 0.313 e. The first kappa shape index (κ1) is 11.3. The lowest BCUT2D eigenvalue weighted by molar-refractivity contribution is -0.145. The molecule has 3 aliphatic carbocycles. The van der Waals surface area contributed by atoms with Crippen LogP contribution in [0.15, 0.2) is 0 Å². The van der Waals surface area contributed by atoms with E-state index in [1.165, 1.54) is 0 Å². The minimum atomic E-state index is -0.334. The van der Waals surface area contributed by atoms with Crippen LogP contribution in [0.25, 0.3) is 0 Å². The second kappa shape index (κ2) is 2.79. The Morgan fingerprint density at radius 1 is 1.22 bits per heavy atom. The van der Waals surface area contributed by atoms with E-state index >= 15 is 0 Å². The monoisotopic (exact) mass is 250 g/mol. The predicted octanol–water partition coefficient (Wildman–Crippen LogP) is 1.98. The molecule has 1 spiro atoms. The summed E-state index contributed by atoms with van der Waals surface area (Å²) in [6.45, 7) is 7.30. The van der Waals surface area contributed by atoms with Crippen molar-refractivity contribution in [1.29, 1.82) is 0 Å². The Kier molecular flexibility index (Phi) is 1.75. The van der Waals surface area contributed by atoms with Crippen molar-refractivity contribution in [1.82, 2.24) is 0 Å². The van der Waals surface area contributed by atoms with Gasteiger partial charge in [-0.2, -0.15) is 0 Å². The lowest BCUT2D eigenvalue weighted by atomic mass is 9.63. The van der Waals surface area contributed by atoms with Gasteiger partial charge in [0, 0.05) is 5.92 Å². The summed E-state index contributed by atoms with van der Waals surface area (Å²) in [6.07, 6.45) is 2.85. The molecular weight excluding hydrogens is 228 g/mol. The molecule has 3 saturated carbocycles. The standard InChI is InChI=1S/C15H22O3/c1-13(2)4-8-9(5-13)14(3)7-15(14)10(11(8)16)6-18-12(15)17/h8-11,16H,4-7H2,1-3H3/t8-,9+,10-,11+,14-,15+/m1/s1. The maximum atomic E-state index is 12.1. The third kappa shape index (κ3) is 0.974. The zero-order chi connectivity index (χ0) is 12.9. The molecule has 100 valence electrons. The van der Waals surface area contributed by atoms with E-state index in [0.29, 0.717) is 23.9 Å². The van der Waals surface area contributed by atoms with Crippen molar-refractivity contribution in [3.63, 3.8) is 0 Å². The molecule has 0 aromatic heterocycles. The Bertz CT molecular complexity index is 443. The normalized spacial score (nSPS) is 59.7. The molecule has 6 atom stereocenters. The number of hydrogen-bond donors (Lipinski definition) is 1. The number of esters is 1. The molecule has 3 nitrogen and oxygen atoms in total. The first-order valence-electron chi connectivity index (χ1n) is 7.17. The van der Waals surface area contributed by atoms with E-state index < -0.39 is 0 Å². The highest BCUT2D eigenvalue weighted by molar-refractivity contribution is 5.85. The van der Waals surface area contributed by atoms with Crippen molar-refractivity contribution in [2.24, 2.45) is 34.0 Å². The molecule has 1 heterocycles. The van der Waals surface area contributed by atoms with Gasteiger partial charge in [0.25, 0.3) is 0 Å². The first-order valence-corrected chi connectivity index (χ1v) is 7.17. The summed E-state index contributed by atoms with van der Waals surface area (Å²) in [5, 5.41) is 10.7. The van der Waals surface area contributed by atoms with E-state index in [0.717, 1.165) is 19.3 Å². The number of cyclic esters (lactones) is 1. The Balaban J connectivity index is 1.80. The highest BCUT2D eigenvalue weighted by atomic mass is 16.5. The zero-order valence-corrected chi connectivity index (χ0v) is 11.4. The van der Waals surface area contributed by atoms with Gasteiger partial charge in [-0.15, -0.1) is 0 Å². The van der Waals surface area contributed by atoms with Crippen molar-refractivity contribution in [3.05, 3.63) is 0 Å². The molecule has 4 fully saturated rings. The fourth-order valence-electron chi connectivity index (χ4n) is 5.80. The van der Waals surface area contributed by atoms with E-state index in [9.17, 15) is 9.90 Å². The molecule has 0 radical (unpaired) electrons. The average molecular weight is 250 g/mol. The van der Waals surface area contributed by atoms with Gasteiger partial charge in [-0.05, 0) is 41.9 Å². The molecule has 1 N–H and O–H groups in total. The zero-order valence-electron chi connectivity index (χ0n) is 11.4. The van der Waals surface area contributed by atoms with Gasteiger partial charge in [0.2, 0.25) is 0 Å². The van der Waals surface area contributed by atoms with Crippen LogP contribution in [0, 0.1) is 34.0 Å². The number of rotatable bonds is 0. The molecule has 1 aliphatic heterocycles. The topological polar surface area (TPSA) is 46.5 Å². The first-order chi connectivity index (χ1) is 8.32. The van der Waals surface area contributed by atoms with E-state index in [2.05, 4.69) is 20.8 Å². The molecule has 3 heteroatoms. The predicted molar refractivity (Wildman–Crippen MR) is 65.6 cm³/mol. The highest BCUT2D eigenvalue weighted by Gasteiger charge is 2.83. The molecule has 18 heavy (non-hydrogen) atoms. The van der Waals surface area contributed by atoms with E-state index in [1.54, 1.807) is 0 Å². The van der Waals surface area contributed by atoms with Crippen molar-refractivity contribution in [3.8, 4) is 0 Å². The second-order valence-corrected chi connectivity index (χ2v) is 8.10. The summed E-state index contributed by atoms with van der Waals surface area (Å²) in [6, 6.07) is 0. The van der Waals surface area contributed by atoms with Crippen molar-refractivity contribution in [2.75, 3.05) is 6.61 Å². The van der Waals surface area contributed by atoms with Gasteiger partial charge < -0.3 is 9.84 Å². The molecule has 4 aliphatic rings. The molecule has 0 bridgehead atoms. The van der Waals surface area contributed by atoms with Gasteiger partial charge in [0.15, 0.2) is 0 Å². The Hall–Kier alpha value is -0.570. The summed E-state index contributed by atoms with van der Waals surface area (Å²) >= 11 is 0. The van der Waals surface area contributed by atoms with Gasteiger partial charge in [0.05, 0.1) is 18.1 Å². The number of aliphatic hydroxyl groups excluding tert-OH is 1. The summed E-state index contributed by atoms with van der Waals surface area (Å²) in [4.78, 5) is 12.1. The third-order valence-electron chi connectivity index (χ3n) is 6.68. The van der Waals surface area contributed by atoms with Crippen molar-refractivity contribution < 1.29 is 14.6 Å². The number of fused-ring (bicyclic) bond motifs is 2. The Labute approximate surface area is 108 Å². The minimum absolute atomic E-state index is 0.0304. The van der Waals surface area contributed by atoms with Crippen LogP contribution < -0.4 is 0 Å². The lowest BCUT2D eigenvalue weighted by Gasteiger charge is -2.41. The molecule has 0 amide bonds. The Morgan fingerprint density at radius 3 is 2.67 bits per heavy atom. The smallest absolute Gasteiger partial charge is 0.313 e. The summed E-state index contributed by atoms with van der Waals surface area (Å²) in [5.41, 5.74) is 0.0859. The van der Waals surface area contributed by atoms with Crippen LogP contribution in [0.1, 0.15) is 40.0 Å². The lowest BCUT2D eigenvalue weighted by Crippen LogP contribution is -2.47. The largest absolute Gasteiger partial charge is 0.465 e. The van der Waals surface area contributed by atoms with E-state index in [4.69, 9.17) is 4.74 Å². The summed E-state index contributed by atoms with van der Waals surface area (Å²) < 4.78 is 5.30. The van der Waals surface area contributed by atoms with Crippen LogP contribution in [-0.4, -0.2) is 23.8 Å². The van der Waals surface area contributed by atoms with E-state index in [1.807, 2.05) is 0 Å². The van der Waals surface area contributed by atoms with Gasteiger partial charge in [-0.25, -0.2) is 0 Å². The van der Waals surface area contributed by atoms with Crippen LogP contribution in [0.2, 0.25) is 0 Å². The van der Waals surface area contributed by atoms with Gasteiger partial charge in [-0.3, -0.25) is 4.79 Å². The average Bonchev–Trinajstić information content (AvgIpc) is 2.59. The van der Waals surface area contributed by atoms with E-state index in [-0.39, 0.29) is 28.8 Å². The number of aliphatic hydroxyl groups is 1. The maximum absolute atomic E-state index is 12.1. The summed E-state index contributed by atoms with van der Waals surface area (Å²) in [5.74, 6) is 0.909. The van der Waals surface area contributed by atoms with Crippen LogP contribution in [0.3, 0.4) is 0 Å². The van der Waals surface area contributed by atoms with Crippen LogP contribution in [-0.2, 0) is 9.53 Å². The quantitative estimate of drug-likeness (QED) is 0.669. The van der Waals surface area contributed by atoms with Crippen LogP contribution in [0.4, 0.5) is 0 Å². The molecule has 4 rings (SSSR count). The molecule has 0 aromatic rings. The molecule has 0 aromatic carbocycles. The highest BCUT2D eigenvalue weighted by Crippen LogP contribution is 2.81. The summed E-state index contributed by atoms with van der Waals surface area (Å²) in [7, 11) is 0. The Morgan fingerprint density at radius 2 is 1.94 bits per heavy atom. The van der Waals surface area contributed by atoms with Crippen LogP contribution in [0.5, 0.6) is 0 Å². The van der Waals surface area contributed by atoms with Gasteiger partial charge in [-0.1, -0.05) is 20.8 Å². The van der Waals surface area contributed by atoms with Crippen molar-refractivity contribution >= 4 is 5.97 Å². The number of ether oxygens (including phenoxy) is 1.